The number of phenolic OH excluding ortho intramolecular Hbond substituents is 1. The molecular formula is C12H15BrN2O2. The molecule has 4 nitrogen and oxygen atoms in total. The zero-order valence-electron chi connectivity index (χ0n) is 9.37. The van der Waals surface area contributed by atoms with Crippen LogP contribution in [0.1, 0.15) is 18.4 Å². The van der Waals surface area contributed by atoms with E-state index in [1.807, 2.05) is 12.1 Å². The van der Waals surface area contributed by atoms with Gasteiger partial charge in [-0.05, 0) is 28.4 Å². The molecule has 0 aromatic heterocycles. The summed E-state index contributed by atoms with van der Waals surface area (Å²) in [6, 6.07) is 5.86. The van der Waals surface area contributed by atoms with Gasteiger partial charge in [-0.2, -0.15) is 0 Å². The molecular weight excluding hydrogens is 284 g/mol. The molecule has 2 rings (SSSR count). The van der Waals surface area contributed by atoms with E-state index < -0.39 is 0 Å². The molecule has 5 heteroatoms. The number of hydrogen-bond acceptors (Lipinski definition) is 3. The lowest BCUT2D eigenvalue weighted by Gasteiger charge is -2.23. The average molecular weight is 299 g/mol. The zero-order valence-corrected chi connectivity index (χ0v) is 11.0. The van der Waals surface area contributed by atoms with Crippen LogP contribution in [-0.4, -0.2) is 23.6 Å². The highest BCUT2D eigenvalue weighted by atomic mass is 79.9. The Labute approximate surface area is 109 Å². The lowest BCUT2D eigenvalue weighted by Crippen LogP contribution is -2.45. The number of aromatic hydroxyl groups is 1. The lowest BCUT2D eigenvalue weighted by molar-refractivity contribution is -0.122. The number of rotatable bonds is 3. The number of piperidine rings is 1. The standard InChI is InChI=1S/C12H15BrN2O2/c13-10-3-1-2-8(12(10)17)6-14-9-4-5-11(16)15-7-9/h1-3,9,14,17H,4-7H2,(H,15,16). The van der Waals surface area contributed by atoms with E-state index in [0.29, 0.717) is 24.0 Å². The summed E-state index contributed by atoms with van der Waals surface area (Å²) in [5.74, 6) is 0.396. The predicted octanol–water partition coefficient (Wildman–Crippen LogP) is 1.52. The number of benzene rings is 1. The summed E-state index contributed by atoms with van der Waals surface area (Å²) in [5.41, 5.74) is 0.858. The first-order chi connectivity index (χ1) is 8.16. The van der Waals surface area contributed by atoms with Gasteiger partial charge in [0, 0.05) is 31.1 Å². The fourth-order valence-electron chi connectivity index (χ4n) is 1.86. The van der Waals surface area contributed by atoms with Crippen LogP contribution in [0.4, 0.5) is 0 Å². The Morgan fingerprint density at radius 1 is 1.53 bits per heavy atom. The van der Waals surface area contributed by atoms with Crippen molar-refractivity contribution in [2.75, 3.05) is 6.54 Å². The minimum Gasteiger partial charge on any atom is -0.506 e. The molecule has 1 amide bonds. The number of carbonyl (C=O) groups excluding carboxylic acids is 1. The molecule has 1 fully saturated rings. The van der Waals surface area contributed by atoms with Crippen LogP contribution in [0.25, 0.3) is 0 Å². The monoisotopic (exact) mass is 298 g/mol. The van der Waals surface area contributed by atoms with Crippen LogP contribution < -0.4 is 10.6 Å². The molecule has 17 heavy (non-hydrogen) atoms. The topological polar surface area (TPSA) is 61.4 Å². The third-order valence-corrected chi connectivity index (χ3v) is 3.56. The predicted molar refractivity (Wildman–Crippen MR) is 68.7 cm³/mol. The van der Waals surface area contributed by atoms with Crippen molar-refractivity contribution in [3.05, 3.63) is 28.2 Å². The molecule has 1 saturated heterocycles. The number of phenols is 1. The van der Waals surface area contributed by atoms with Crippen molar-refractivity contribution in [2.24, 2.45) is 0 Å². The Morgan fingerprint density at radius 3 is 3.06 bits per heavy atom. The van der Waals surface area contributed by atoms with Crippen LogP contribution in [0.15, 0.2) is 22.7 Å². The van der Waals surface area contributed by atoms with Gasteiger partial charge in [0.25, 0.3) is 0 Å². The van der Waals surface area contributed by atoms with Gasteiger partial charge >= 0.3 is 0 Å². The van der Waals surface area contributed by atoms with Crippen LogP contribution in [0, 0.1) is 0 Å². The molecule has 0 radical (unpaired) electrons. The molecule has 1 aliphatic heterocycles. The van der Waals surface area contributed by atoms with E-state index in [4.69, 9.17) is 0 Å². The Hall–Kier alpha value is -1.07. The Morgan fingerprint density at radius 2 is 2.35 bits per heavy atom. The molecule has 3 N–H and O–H groups in total. The Kier molecular flexibility index (Phi) is 4.02. The molecule has 1 unspecified atom stereocenters. The summed E-state index contributed by atoms with van der Waals surface area (Å²) in [5, 5.41) is 16.0. The van der Waals surface area contributed by atoms with Crippen molar-refractivity contribution >= 4 is 21.8 Å². The fraction of sp³-hybridized carbons (Fsp3) is 0.417. The summed E-state index contributed by atoms with van der Waals surface area (Å²) in [6.45, 7) is 1.26. The average Bonchev–Trinajstić information content (AvgIpc) is 2.33. The first-order valence-corrected chi connectivity index (χ1v) is 6.42. The molecule has 0 saturated carbocycles. The third kappa shape index (κ3) is 3.20. The molecule has 0 aliphatic carbocycles. The van der Waals surface area contributed by atoms with Gasteiger partial charge in [-0.25, -0.2) is 0 Å². The fourth-order valence-corrected chi connectivity index (χ4v) is 2.27. The molecule has 1 aliphatic rings. The number of amides is 1. The van der Waals surface area contributed by atoms with Crippen molar-refractivity contribution in [2.45, 2.75) is 25.4 Å². The summed E-state index contributed by atoms with van der Waals surface area (Å²) in [4.78, 5) is 11.0. The van der Waals surface area contributed by atoms with Crippen molar-refractivity contribution in [3.63, 3.8) is 0 Å². The number of para-hydroxylation sites is 1. The van der Waals surface area contributed by atoms with Crippen LogP contribution in [0.5, 0.6) is 5.75 Å². The first-order valence-electron chi connectivity index (χ1n) is 5.63. The Balaban J connectivity index is 1.89. The molecule has 1 atom stereocenters. The second-order valence-corrected chi connectivity index (χ2v) is 5.02. The minimum atomic E-state index is 0.119. The van der Waals surface area contributed by atoms with E-state index in [2.05, 4.69) is 26.6 Å². The van der Waals surface area contributed by atoms with E-state index in [9.17, 15) is 9.90 Å². The normalized spacial score (nSPS) is 20.1. The van der Waals surface area contributed by atoms with Crippen molar-refractivity contribution in [3.8, 4) is 5.75 Å². The van der Waals surface area contributed by atoms with Crippen molar-refractivity contribution in [1.82, 2.24) is 10.6 Å². The lowest BCUT2D eigenvalue weighted by atomic mass is 10.1. The van der Waals surface area contributed by atoms with Gasteiger partial charge < -0.3 is 15.7 Å². The largest absolute Gasteiger partial charge is 0.506 e. The van der Waals surface area contributed by atoms with Crippen molar-refractivity contribution < 1.29 is 9.90 Å². The molecule has 1 aromatic carbocycles. The van der Waals surface area contributed by atoms with Gasteiger partial charge in [-0.1, -0.05) is 12.1 Å². The van der Waals surface area contributed by atoms with E-state index in [0.717, 1.165) is 12.0 Å². The smallest absolute Gasteiger partial charge is 0.220 e. The highest BCUT2D eigenvalue weighted by molar-refractivity contribution is 9.10. The van der Waals surface area contributed by atoms with Gasteiger partial charge in [0.15, 0.2) is 0 Å². The van der Waals surface area contributed by atoms with Gasteiger partial charge in [0.05, 0.1) is 4.47 Å². The molecule has 0 spiro atoms. The number of carbonyl (C=O) groups is 1. The van der Waals surface area contributed by atoms with E-state index in [1.54, 1.807) is 6.07 Å². The minimum absolute atomic E-state index is 0.119. The number of nitrogens with one attached hydrogen (secondary N) is 2. The third-order valence-electron chi connectivity index (χ3n) is 2.92. The second-order valence-electron chi connectivity index (χ2n) is 4.17. The van der Waals surface area contributed by atoms with Gasteiger partial charge in [-0.15, -0.1) is 0 Å². The first kappa shape index (κ1) is 12.4. The van der Waals surface area contributed by atoms with Gasteiger partial charge in [-0.3, -0.25) is 4.79 Å². The van der Waals surface area contributed by atoms with Crippen LogP contribution in [0.3, 0.4) is 0 Å². The maximum atomic E-state index is 11.0. The summed E-state index contributed by atoms with van der Waals surface area (Å²) in [7, 11) is 0. The highest BCUT2D eigenvalue weighted by Crippen LogP contribution is 2.27. The molecule has 1 aromatic rings. The van der Waals surface area contributed by atoms with Crippen molar-refractivity contribution in [1.29, 1.82) is 0 Å². The SMILES string of the molecule is O=C1CCC(NCc2cccc(Br)c2O)CN1. The van der Waals surface area contributed by atoms with Crippen LogP contribution in [-0.2, 0) is 11.3 Å². The van der Waals surface area contributed by atoms with E-state index in [-0.39, 0.29) is 17.7 Å². The highest BCUT2D eigenvalue weighted by Gasteiger charge is 2.17. The Bertz CT molecular complexity index is 413. The van der Waals surface area contributed by atoms with E-state index >= 15 is 0 Å². The maximum Gasteiger partial charge on any atom is 0.220 e. The number of halogens is 1. The quantitative estimate of drug-likeness (QED) is 0.793. The molecule has 92 valence electrons. The van der Waals surface area contributed by atoms with E-state index in [1.165, 1.54) is 0 Å². The summed E-state index contributed by atoms with van der Waals surface area (Å²) >= 11 is 3.29. The molecule has 0 bridgehead atoms. The van der Waals surface area contributed by atoms with Crippen LogP contribution in [0.2, 0.25) is 0 Å². The summed E-state index contributed by atoms with van der Waals surface area (Å²) < 4.78 is 0.703. The number of hydrogen-bond donors (Lipinski definition) is 3. The van der Waals surface area contributed by atoms with Gasteiger partial charge in [0.2, 0.25) is 5.91 Å². The van der Waals surface area contributed by atoms with Gasteiger partial charge in [0.1, 0.15) is 5.75 Å². The second kappa shape index (κ2) is 5.51. The summed E-state index contributed by atoms with van der Waals surface area (Å²) in [6.07, 6.45) is 1.42. The molecule has 1 heterocycles. The maximum absolute atomic E-state index is 11.0. The zero-order chi connectivity index (χ0) is 12.3. The van der Waals surface area contributed by atoms with Crippen LogP contribution >= 0.6 is 15.9 Å².